The summed E-state index contributed by atoms with van der Waals surface area (Å²) in [6, 6.07) is 94.9. The first-order valence-corrected chi connectivity index (χ1v) is 27.1. The largest absolute Gasteiger partial charge is 0.494 e. The van der Waals surface area contributed by atoms with Gasteiger partial charge in [-0.1, -0.05) is 170 Å². The van der Waals surface area contributed by atoms with E-state index in [0.29, 0.717) is 6.42 Å². The quantitative estimate of drug-likeness (QED) is 0.135. The van der Waals surface area contributed by atoms with E-state index in [4.69, 9.17) is 9.31 Å². The van der Waals surface area contributed by atoms with Crippen LogP contribution < -0.4 is 5.46 Å². The molecule has 0 bridgehead atoms. The predicted octanol–water partition coefficient (Wildman–Crippen LogP) is 17.5. The molecular formula is C72H54BN3O2. The van der Waals surface area contributed by atoms with Crippen molar-refractivity contribution in [3.8, 4) is 50.4 Å². The van der Waals surface area contributed by atoms with Crippen molar-refractivity contribution >= 4 is 78.0 Å². The lowest BCUT2D eigenvalue weighted by Crippen LogP contribution is -2.46. The van der Waals surface area contributed by atoms with Gasteiger partial charge in [-0.15, -0.1) is 0 Å². The predicted molar refractivity (Wildman–Crippen MR) is 326 cm³/mol. The van der Waals surface area contributed by atoms with Crippen LogP contribution in [0.3, 0.4) is 0 Å². The summed E-state index contributed by atoms with van der Waals surface area (Å²) in [6.07, 6.45) is 0.681. The average molecular weight is 1000 g/mol. The molecule has 3 aromatic heterocycles. The van der Waals surface area contributed by atoms with Gasteiger partial charge in [0.2, 0.25) is 0 Å². The molecule has 15 rings (SSSR count). The standard InChI is InChI=1S/C72H54BN3O2/c1-71(2)72(3,78-73(77-71)55-36-40-70-64(46-55)60-30-14-16-32-66(60)75(70)57-26-11-6-12-27-57)47-48-19-17-22-50(41-48)51-23-18-28-58(42-51)76-68-37-33-52(49-20-7-4-8-21-49)43-62(68)63-45-54(35-39-69(63)76)53-34-38-67-61(44-53)59-29-13-15-31-65(59)74(67)56-24-9-5-10-25-56/h4-46H,47H2,1-3H3. The highest BCUT2D eigenvalue weighted by atomic mass is 16.7. The third-order valence-electron chi connectivity index (χ3n) is 16.8. The van der Waals surface area contributed by atoms with Crippen LogP contribution in [0.15, 0.2) is 261 Å². The van der Waals surface area contributed by atoms with Crippen molar-refractivity contribution < 1.29 is 9.31 Å². The van der Waals surface area contributed by atoms with Crippen LogP contribution in [0.1, 0.15) is 26.3 Å². The molecule has 372 valence electrons. The zero-order valence-corrected chi connectivity index (χ0v) is 43.8. The maximum Gasteiger partial charge on any atom is 0.494 e. The van der Waals surface area contributed by atoms with Gasteiger partial charge >= 0.3 is 7.12 Å². The molecule has 14 aromatic rings. The van der Waals surface area contributed by atoms with Gasteiger partial charge in [-0.25, -0.2) is 0 Å². The van der Waals surface area contributed by atoms with Crippen molar-refractivity contribution in [1.29, 1.82) is 0 Å². The number of fused-ring (bicyclic) bond motifs is 9. The average Bonchev–Trinajstić information content (AvgIpc) is 4.19. The molecule has 0 aliphatic carbocycles. The van der Waals surface area contributed by atoms with E-state index in [1.807, 2.05) is 0 Å². The van der Waals surface area contributed by atoms with Gasteiger partial charge in [0, 0.05) is 55.8 Å². The zero-order chi connectivity index (χ0) is 52.1. The highest BCUT2D eigenvalue weighted by molar-refractivity contribution is 6.62. The van der Waals surface area contributed by atoms with Crippen LogP contribution in [0.4, 0.5) is 0 Å². The van der Waals surface area contributed by atoms with Crippen molar-refractivity contribution in [3.05, 3.63) is 266 Å². The summed E-state index contributed by atoms with van der Waals surface area (Å²) in [5, 5.41) is 7.31. The molecule has 1 unspecified atom stereocenters. The molecule has 0 saturated carbocycles. The lowest BCUT2D eigenvalue weighted by Gasteiger charge is -2.36. The van der Waals surface area contributed by atoms with Gasteiger partial charge in [0.1, 0.15) is 0 Å². The van der Waals surface area contributed by atoms with Gasteiger partial charge in [-0.05, 0) is 156 Å². The monoisotopic (exact) mass is 1000 g/mol. The number of para-hydroxylation sites is 4. The number of hydrogen-bond donors (Lipinski definition) is 0. The van der Waals surface area contributed by atoms with Crippen molar-refractivity contribution in [2.45, 2.75) is 38.4 Å². The molecule has 78 heavy (non-hydrogen) atoms. The minimum atomic E-state index is -0.613. The van der Waals surface area contributed by atoms with E-state index in [0.717, 1.165) is 44.7 Å². The molecule has 1 atom stereocenters. The van der Waals surface area contributed by atoms with E-state index < -0.39 is 18.3 Å². The van der Waals surface area contributed by atoms with Crippen LogP contribution in [-0.4, -0.2) is 32.0 Å². The Labute approximate surface area is 453 Å². The number of rotatable bonds is 9. The van der Waals surface area contributed by atoms with E-state index in [-0.39, 0.29) is 0 Å². The van der Waals surface area contributed by atoms with Gasteiger partial charge in [-0.2, -0.15) is 0 Å². The second kappa shape index (κ2) is 18.0. The molecule has 1 aliphatic rings. The highest BCUT2D eigenvalue weighted by Crippen LogP contribution is 2.43. The number of nitrogens with zero attached hydrogens (tertiary/aromatic N) is 3. The van der Waals surface area contributed by atoms with Crippen molar-refractivity contribution in [3.63, 3.8) is 0 Å². The normalized spacial score (nSPS) is 15.4. The second-order valence-electron chi connectivity index (χ2n) is 21.8. The van der Waals surface area contributed by atoms with Crippen LogP contribution in [0.5, 0.6) is 0 Å². The first kappa shape index (κ1) is 46.1. The molecule has 0 radical (unpaired) electrons. The van der Waals surface area contributed by atoms with Gasteiger partial charge in [-0.3, -0.25) is 0 Å². The SMILES string of the molecule is CC1(C)OB(c2ccc3c(c2)c2ccccc2n3-c2ccccc2)OC1(C)Cc1cccc(-c2cccc(-n3c4ccc(-c5ccccc5)cc4c4cc(-c5ccc6c(c5)c5ccccc5n6-c5ccccc5)ccc43)c2)c1. The van der Waals surface area contributed by atoms with Crippen LogP contribution in [-0.2, 0) is 15.7 Å². The van der Waals surface area contributed by atoms with Crippen molar-refractivity contribution in [2.75, 3.05) is 0 Å². The number of hydrogen-bond acceptors (Lipinski definition) is 2. The summed E-state index contributed by atoms with van der Waals surface area (Å²) >= 11 is 0. The van der Waals surface area contributed by atoms with Gasteiger partial charge in [0.25, 0.3) is 0 Å². The molecule has 0 spiro atoms. The zero-order valence-electron chi connectivity index (χ0n) is 43.8. The van der Waals surface area contributed by atoms with Crippen LogP contribution >= 0.6 is 0 Å². The Bertz CT molecular complexity index is 4650. The molecule has 0 amide bonds. The fourth-order valence-electron chi connectivity index (χ4n) is 12.6. The lowest BCUT2D eigenvalue weighted by atomic mass is 9.78. The van der Waals surface area contributed by atoms with Gasteiger partial charge in [0.15, 0.2) is 0 Å². The molecule has 1 fully saturated rings. The molecule has 5 nitrogen and oxygen atoms in total. The van der Waals surface area contributed by atoms with E-state index in [1.54, 1.807) is 0 Å². The summed E-state index contributed by atoms with van der Waals surface area (Å²) in [6.45, 7) is 6.55. The Morgan fingerprint density at radius 1 is 0.308 bits per heavy atom. The first-order valence-electron chi connectivity index (χ1n) is 27.1. The molecule has 6 heteroatoms. The van der Waals surface area contributed by atoms with Crippen LogP contribution in [0.2, 0.25) is 0 Å². The smallest absolute Gasteiger partial charge is 0.399 e. The first-order chi connectivity index (χ1) is 38.2. The highest BCUT2D eigenvalue weighted by Gasteiger charge is 2.54. The van der Waals surface area contributed by atoms with Crippen LogP contribution in [0.25, 0.3) is 116 Å². The summed E-state index contributed by atoms with van der Waals surface area (Å²) in [5.74, 6) is 0. The van der Waals surface area contributed by atoms with Gasteiger partial charge in [0.05, 0.1) is 44.3 Å². The van der Waals surface area contributed by atoms with E-state index in [2.05, 4.69) is 295 Å². The molecular weight excluding hydrogens is 950 g/mol. The minimum Gasteiger partial charge on any atom is -0.399 e. The van der Waals surface area contributed by atoms with Crippen LogP contribution in [0, 0.1) is 0 Å². The summed E-state index contributed by atoms with van der Waals surface area (Å²) in [7, 11) is -0.518. The van der Waals surface area contributed by atoms with E-state index in [1.165, 1.54) is 82.2 Å². The van der Waals surface area contributed by atoms with Crippen molar-refractivity contribution in [1.82, 2.24) is 13.7 Å². The van der Waals surface area contributed by atoms with Crippen molar-refractivity contribution in [2.24, 2.45) is 0 Å². The lowest BCUT2D eigenvalue weighted by molar-refractivity contribution is -0.00876. The molecule has 1 aliphatic heterocycles. The second-order valence-corrected chi connectivity index (χ2v) is 21.8. The summed E-state index contributed by atoms with van der Waals surface area (Å²) < 4.78 is 21.2. The summed E-state index contributed by atoms with van der Waals surface area (Å²) in [5.41, 5.74) is 18.6. The Morgan fingerprint density at radius 2 is 0.705 bits per heavy atom. The molecule has 4 heterocycles. The third-order valence-corrected chi connectivity index (χ3v) is 16.8. The third kappa shape index (κ3) is 7.47. The van der Waals surface area contributed by atoms with Gasteiger partial charge < -0.3 is 23.0 Å². The maximum atomic E-state index is 7.10. The Morgan fingerprint density at radius 3 is 1.28 bits per heavy atom. The topological polar surface area (TPSA) is 33.2 Å². The fraction of sp³-hybridized carbons (Fsp3) is 0.0833. The van der Waals surface area contributed by atoms with E-state index in [9.17, 15) is 0 Å². The molecule has 11 aromatic carbocycles. The molecule has 1 saturated heterocycles. The van der Waals surface area contributed by atoms with E-state index >= 15 is 0 Å². The Kier molecular flexibility index (Phi) is 10.6. The Hall–Kier alpha value is -9.20. The minimum absolute atomic E-state index is 0.518. The molecule has 0 N–H and O–H groups in total. The Balaban J connectivity index is 0.774. The number of aromatic nitrogens is 3. The maximum absolute atomic E-state index is 7.10. The summed E-state index contributed by atoms with van der Waals surface area (Å²) in [4.78, 5) is 0. The fourth-order valence-corrected chi connectivity index (χ4v) is 12.6. The number of benzene rings is 11.